The number of hydrogen-bond acceptors (Lipinski definition) is 2. The Kier molecular flexibility index (Phi) is 4.18. The molecule has 0 saturated carbocycles. The monoisotopic (exact) mass is 246 g/mol. The zero-order valence-electron chi connectivity index (χ0n) is 11.3. The first-order valence-corrected chi connectivity index (χ1v) is 6.61. The molecule has 18 heavy (non-hydrogen) atoms. The number of aromatic nitrogens is 1. The van der Waals surface area contributed by atoms with Crippen LogP contribution in [0.3, 0.4) is 0 Å². The Morgan fingerprint density at radius 1 is 1.61 bits per heavy atom. The van der Waals surface area contributed by atoms with E-state index in [1.165, 1.54) is 18.4 Å². The first-order valence-electron chi connectivity index (χ1n) is 6.61. The summed E-state index contributed by atoms with van der Waals surface area (Å²) in [6.45, 7) is 6.95. The van der Waals surface area contributed by atoms with E-state index in [-0.39, 0.29) is 0 Å². The van der Waals surface area contributed by atoms with Crippen molar-refractivity contribution in [1.82, 2.24) is 9.88 Å². The molecule has 1 aromatic rings. The molecule has 2 rings (SSSR count). The fourth-order valence-electron chi connectivity index (χ4n) is 2.34. The standard InChI is InChI=1S/C14H22N4/c1-11-5-6-16-13(8-11)9-17-14(15)18-7-3-4-12(2)10-18/h5-6,8,12H,3-4,7,9-10H2,1-2H3,(H2,15,17). The number of pyridine rings is 1. The van der Waals surface area contributed by atoms with Crippen LogP contribution in [-0.4, -0.2) is 28.9 Å². The second-order valence-electron chi connectivity index (χ2n) is 5.19. The average Bonchev–Trinajstić information content (AvgIpc) is 2.36. The number of nitrogens with zero attached hydrogens (tertiary/aromatic N) is 3. The predicted molar refractivity (Wildman–Crippen MR) is 74.3 cm³/mol. The van der Waals surface area contributed by atoms with Crippen LogP contribution in [0.1, 0.15) is 31.0 Å². The summed E-state index contributed by atoms with van der Waals surface area (Å²) in [4.78, 5) is 10.9. The van der Waals surface area contributed by atoms with Crippen molar-refractivity contribution in [1.29, 1.82) is 0 Å². The molecule has 0 radical (unpaired) electrons. The number of nitrogens with two attached hydrogens (primary N) is 1. The molecule has 4 heteroatoms. The van der Waals surface area contributed by atoms with E-state index in [9.17, 15) is 0 Å². The first kappa shape index (κ1) is 12.9. The minimum Gasteiger partial charge on any atom is -0.370 e. The molecule has 98 valence electrons. The number of hydrogen-bond donors (Lipinski definition) is 1. The molecule has 0 spiro atoms. The van der Waals surface area contributed by atoms with Gasteiger partial charge in [-0.3, -0.25) is 4.98 Å². The summed E-state index contributed by atoms with van der Waals surface area (Å²) in [5.41, 5.74) is 8.23. The van der Waals surface area contributed by atoms with Gasteiger partial charge >= 0.3 is 0 Å². The number of piperidine rings is 1. The summed E-state index contributed by atoms with van der Waals surface area (Å²) in [5.74, 6) is 1.37. The molecule has 4 nitrogen and oxygen atoms in total. The van der Waals surface area contributed by atoms with Gasteiger partial charge in [0.15, 0.2) is 5.96 Å². The van der Waals surface area contributed by atoms with Crippen molar-refractivity contribution in [3.05, 3.63) is 29.6 Å². The number of aliphatic imine (C=N–C) groups is 1. The van der Waals surface area contributed by atoms with Gasteiger partial charge in [0.25, 0.3) is 0 Å². The van der Waals surface area contributed by atoms with Crippen LogP contribution in [0, 0.1) is 12.8 Å². The molecule has 1 fully saturated rings. The predicted octanol–water partition coefficient (Wildman–Crippen LogP) is 1.94. The molecular formula is C14H22N4. The molecule has 1 atom stereocenters. The molecule has 0 aliphatic carbocycles. The highest BCUT2D eigenvalue weighted by Crippen LogP contribution is 2.15. The Labute approximate surface area is 109 Å². The Balaban J connectivity index is 1.96. The number of rotatable bonds is 2. The van der Waals surface area contributed by atoms with Gasteiger partial charge in [-0.2, -0.15) is 0 Å². The van der Waals surface area contributed by atoms with Gasteiger partial charge in [-0.15, -0.1) is 0 Å². The lowest BCUT2D eigenvalue weighted by Crippen LogP contribution is -2.43. The van der Waals surface area contributed by atoms with Crippen molar-refractivity contribution in [2.75, 3.05) is 13.1 Å². The summed E-state index contributed by atoms with van der Waals surface area (Å²) in [6, 6.07) is 4.04. The van der Waals surface area contributed by atoms with Crippen LogP contribution in [0.2, 0.25) is 0 Å². The highest BCUT2D eigenvalue weighted by Gasteiger charge is 2.17. The number of aryl methyl sites for hydroxylation is 1. The van der Waals surface area contributed by atoms with Gasteiger partial charge in [-0.25, -0.2) is 4.99 Å². The lowest BCUT2D eigenvalue weighted by molar-refractivity contribution is 0.270. The third-order valence-electron chi connectivity index (χ3n) is 3.36. The van der Waals surface area contributed by atoms with E-state index < -0.39 is 0 Å². The molecule has 0 bridgehead atoms. The topological polar surface area (TPSA) is 54.5 Å². The second-order valence-corrected chi connectivity index (χ2v) is 5.19. The van der Waals surface area contributed by atoms with Crippen molar-refractivity contribution in [3.63, 3.8) is 0 Å². The van der Waals surface area contributed by atoms with Gasteiger partial charge < -0.3 is 10.6 Å². The van der Waals surface area contributed by atoms with Crippen LogP contribution in [0.15, 0.2) is 23.3 Å². The molecule has 1 aliphatic rings. The molecule has 1 aromatic heterocycles. The summed E-state index contributed by atoms with van der Waals surface area (Å²) in [5, 5.41) is 0. The maximum absolute atomic E-state index is 6.04. The maximum atomic E-state index is 6.04. The quantitative estimate of drug-likeness (QED) is 0.641. The van der Waals surface area contributed by atoms with Crippen molar-refractivity contribution < 1.29 is 0 Å². The van der Waals surface area contributed by atoms with Gasteiger partial charge in [0.2, 0.25) is 0 Å². The number of likely N-dealkylation sites (tertiary alicyclic amines) is 1. The Bertz CT molecular complexity index is 428. The van der Waals surface area contributed by atoms with E-state index in [1.807, 2.05) is 12.3 Å². The van der Waals surface area contributed by atoms with E-state index in [4.69, 9.17) is 5.73 Å². The largest absolute Gasteiger partial charge is 0.370 e. The van der Waals surface area contributed by atoms with E-state index >= 15 is 0 Å². The number of guanidine groups is 1. The van der Waals surface area contributed by atoms with Crippen LogP contribution in [-0.2, 0) is 6.54 Å². The van der Waals surface area contributed by atoms with Crippen LogP contribution in [0.25, 0.3) is 0 Å². The molecular weight excluding hydrogens is 224 g/mol. The molecule has 0 amide bonds. The minimum atomic E-state index is 0.568. The third-order valence-corrected chi connectivity index (χ3v) is 3.36. The van der Waals surface area contributed by atoms with E-state index in [0.717, 1.165) is 18.8 Å². The van der Waals surface area contributed by atoms with Crippen molar-refractivity contribution in [3.8, 4) is 0 Å². The zero-order valence-corrected chi connectivity index (χ0v) is 11.3. The second kappa shape index (κ2) is 5.85. The van der Waals surface area contributed by atoms with E-state index in [2.05, 4.69) is 34.8 Å². The molecule has 1 aliphatic heterocycles. The smallest absolute Gasteiger partial charge is 0.191 e. The molecule has 0 aromatic carbocycles. The Morgan fingerprint density at radius 3 is 3.17 bits per heavy atom. The van der Waals surface area contributed by atoms with Crippen LogP contribution < -0.4 is 5.73 Å². The van der Waals surface area contributed by atoms with Crippen LogP contribution >= 0.6 is 0 Å². The summed E-state index contributed by atoms with van der Waals surface area (Å²) in [7, 11) is 0. The zero-order chi connectivity index (χ0) is 13.0. The molecule has 1 saturated heterocycles. The average molecular weight is 246 g/mol. The third kappa shape index (κ3) is 3.45. The van der Waals surface area contributed by atoms with Gasteiger partial charge in [-0.05, 0) is 43.4 Å². The summed E-state index contributed by atoms with van der Waals surface area (Å²) >= 11 is 0. The van der Waals surface area contributed by atoms with E-state index in [1.54, 1.807) is 0 Å². The molecule has 2 N–H and O–H groups in total. The summed E-state index contributed by atoms with van der Waals surface area (Å²) < 4.78 is 0. The Hall–Kier alpha value is -1.58. The van der Waals surface area contributed by atoms with E-state index in [0.29, 0.717) is 18.4 Å². The van der Waals surface area contributed by atoms with Crippen molar-refractivity contribution >= 4 is 5.96 Å². The van der Waals surface area contributed by atoms with Crippen molar-refractivity contribution in [2.24, 2.45) is 16.6 Å². The normalized spacial score (nSPS) is 21.1. The highest BCUT2D eigenvalue weighted by molar-refractivity contribution is 5.78. The summed E-state index contributed by atoms with van der Waals surface area (Å²) in [6.07, 6.45) is 4.32. The lowest BCUT2D eigenvalue weighted by Gasteiger charge is -2.31. The van der Waals surface area contributed by atoms with Gasteiger partial charge in [0, 0.05) is 19.3 Å². The minimum absolute atomic E-state index is 0.568. The molecule has 1 unspecified atom stereocenters. The first-order chi connectivity index (χ1) is 8.65. The van der Waals surface area contributed by atoms with Gasteiger partial charge in [-0.1, -0.05) is 6.92 Å². The van der Waals surface area contributed by atoms with Crippen LogP contribution in [0.4, 0.5) is 0 Å². The van der Waals surface area contributed by atoms with Crippen LogP contribution in [0.5, 0.6) is 0 Å². The van der Waals surface area contributed by atoms with Crippen molar-refractivity contribution in [2.45, 2.75) is 33.2 Å². The highest BCUT2D eigenvalue weighted by atomic mass is 15.3. The van der Waals surface area contributed by atoms with Gasteiger partial charge in [0.1, 0.15) is 0 Å². The fourth-order valence-corrected chi connectivity index (χ4v) is 2.34. The lowest BCUT2D eigenvalue weighted by atomic mass is 10.0. The van der Waals surface area contributed by atoms with Gasteiger partial charge in [0.05, 0.1) is 12.2 Å². The SMILES string of the molecule is Cc1ccnc(CN=C(N)N2CCCC(C)C2)c1. The molecule has 2 heterocycles. The Morgan fingerprint density at radius 2 is 2.44 bits per heavy atom. The maximum Gasteiger partial charge on any atom is 0.191 e. The fraction of sp³-hybridized carbons (Fsp3) is 0.571.